The minimum absolute atomic E-state index is 0.219. The van der Waals surface area contributed by atoms with Gasteiger partial charge in [0.25, 0.3) is 0 Å². The fourth-order valence-corrected chi connectivity index (χ4v) is 3.96. The minimum Gasteiger partial charge on any atom is -0.376 e. The van der Waals surface area contributed by atoms with Gasteiger partial charge >= 0.3 is 0 Å². The molecule has 1 aromatic rings. The van der Waals surface area contributed by atoms with Crippen molar-refractivity contribution in [1.29, 1.82) is 0 Å². The van der Waals surface area contributed by atoms with Crippen LogP contribution in [-0.2, 0) is 11.2 Å². The van der Waals surface area contributed by atoms with E-state index in [0.717, 1.165) is 56.2 Å². The van der Waals surface area contributed by atoms with Crippen molar-refractivity contribution in [2.45, 2.75) is 45.1 Å². The predicted molar refractivity (Wildman–Crippen MR) is 76.2 cm³/mol. The van der Waals surface area contributed by atoms with E-state index in [1.807, 2.05) is 0 Å². The molecule has 1 fully saturated rings. The summed E-state index contributed by atoms with van der Waals surface area (Å²) in [5, 5.41) is 0.998. The lowest BCUT2D eigenvalue weighted by molar-refractivity contribution is 0.0968. The third-order valence-electron chi connectivity index (χ3n) is 3.86. The monoisotopic (exact) mass is 280 g/mol. The lowest BCUT2D eigenvalue weighted by atomic mass is 10.0. The zero-order chi connectivity index (χ0) is 13.2. The number of aryl methyl sites for hydroxylation is 1. The molecule has 0 aromatic carbocycles. The average Bonchev–Trinajstić information content (AvgIpc) is 3.05. The zero-order valence-electron chi connectivity index (χ0n) is 11.4. The first-order chi connectivity index (χ1) is 9.28. The second-order valence-electron chi connectivity index (χ2n) is 5.22. The van der Waals surface area contributed by atoms with Crippen molar-refractivity contribution < 1.29 is 9.53 Å². The van der Waals surface area contributed by atoms with Crippen LogP contribution in [0.3, 0.4) is 0 Å². The zero-order valence-corrected chi connectivity index (χ0v) is 12.2. The van der Waals surface area contributed by atoms with Crippen molar-refractivity contribution in [3.63, 3.8) is 0 Å². The molecule has 1 atom stereocenters. The SMILES string of the molecule is CCN(CC1CCCO1)c1nc2c(s1)CCCC2=O. The number of likely N-dealkylation sites (N-methyl/N-ethyl adjacent to an activating group) is 1. The number of carbonyl (C=O) groups is 1. The number of hydrogen-bond acceptors (Lipinski definition) is 5. The van der Waals surface area contributed by atoms with Crippen LogP contribution in [0.25, 0.3) is 0 Å². The topological polar surface area (TPSA) is 42.4 Å². The maximum atomic E-state index is 11.9. The summed E-state index contributed by atoms with van der Waals surface area (Å²) in [6, 6.07) is 0. The number of hydrogen-bond donors (Lipinski definition) is 0. The number of carbonyl (C=O) groups excluding carboxylic acids is 1. The second kappa shape index (κ2) is 5.59. The number of ether oxygens (including phenoxy) is 1. The van der Waals surface area contributed by atoms with E-state index in [0.29, 0.717) is 12.5 Å². The molecule has 3 rings (SSSR count). The average molecular weight is 280 g/mol. The molecule has 0 spiro atoms. The number of rotatable bonds is 4. The van der Waals surface area contributed by atoms with Gasteiger partial charge in [-0.15, -0.1) is 11.3 Å². The van der Waals surface area contributed by atoms with Crippen molar-refractivity contribution in [3.8, 4) is 0 Å². The molecule has 4 nitrogen and oxygen atoms in total. The van der Waals surface area contributed by atoms with Crippen LogP contribution in [0.4, 0.5) is 5.13 Å². The molecule has 19 heavy (non-hydrogen) atoms. The van der Waals surface area contributed by atoms with E-state index < -0.39 is 0 Å². The largest absolute Gasteiger partial charge is 0.376 e. The number of aromatic nitrogens is 1. The number of anilines is 1. The van der Waals surface area contributed by atoms with Gasteiger partial charge in [-0.2, -0.15) is 0 Å². The highest BCUT2D eigenvalue weighted by atomic mass is 32.1. The summed E-state index contributed by atoms with van der Waals surface area (Å²) >= 11 is 1.69. The Morgan fingerprint density at radius 1 is 1.42 bits per heavy atom. The molecule has 5 heteroatoms. The van der Waals surface area contributed by atoms with Gasteiger partial charge in [0.05, 0.1) is 6.10 Å². The van der Waals surface area contributed by atoms with Crippen molar-refractivity contribution in [2.75, 3.05) is 24.6 Å². The van der Waals surface area contributed by atoms with Gasteiger partial charge in [0.2, 0.25) is 0 Å². The van der Waals surface area contributed by atoms with Gasteiger partial charge in [-0.05, 0) is 32.6 Å². The third kappa shape index (κ3) is 2.67. The fourth-order valence-electron chi connectivity index (χ4n) is 2.77. The van der Waals surface area contributed by atoms with E-state index in [9.17, 15) is 4.79 Å². The standard InChI is InChI=1S/C14H20N2O2S/c1-2-16(9-10-5-4-8-18-10)14-15-13-11(17)6-3-7-12(13)19-14/h10H,2-9H2,1H3. The Bertz CT molecular complexity index is 466. The molecule has 0 saturated carbocycles. The van der Waals surface area contributed by atoms with E-state index in [-0.39, 0.29) is 5.78 Å². The Morgan fingerprint density at radius 2 is 2.32 bits per heavy atom. The third-order valence-corrected chi connectivity index (χ3v) is 5.03. The quantitative estimate of drug-likeness (QED) is 0.850. The number of ketones is 1. The van der Waals surface area contributed by atoms with Gasteiger partial charge in [0, 0.05) is 31.0 Å². The molecule has 0 amide bonds. The first-order valence-electron chi connectivity index (χ1n) is 7.17. The van der Waals surface area contributed by atoms with Crippen molar-refractivity contribution >= 4 is 22.3 Å². The summed E-state index contributed by atoms with van der Waals surface area (Å²) < 4.78 is 5.70. The van der Waals surface area contributed by atoms with Gasteiger partial charge < -0.3 is 9.64 Å². The normalized spacial score (nSPS) is 22.6. The molecule has 1 unspecified atom stereocenters. The minimum atomic E-state index is 0.219. The summed E-state index contributed by atoms with van der Waals surface area (Å²) in [4.78, 5) is 19.9. The van der Waals surface area contributed by atoms with Crippen LogP contribution < -0.4 is 4.90 Å². The highest BCUT2D eigenvalue weighted by Gasteiger charge is 2.25. The Balaban J connectivity index is 1.77. The smallest absolute Gasteiger partial charge is 0.186 e. The Kier molecular flexibility index (Phi) is 3.84. The van der Waals surface area contributed by atoms with Crippen molar-refractivity contribution in [2.24, 2.45) is 0 Å². The summed E-state index contributed by atoms with van der Waals surface area (Å²) in [5.41, 5.74) is 0.733. The van der Waals surface area contributed by atoms with Crippen molar-refractivity contribution in [3.05, 3.63) is 10.6 Å². The lowest BCUT2D eigenvalue weighted by Gasteiger charge is -2.23. The first-order valence-corrected chi connectivity index (χ1v) is 7.99. The highest BCUT2D eigenvalue weighted by molar-refractivity contribution is 7.16. The highest BCUT2D eigenvalue weighted by Crippen LogP contribution is 2.32. The number of fused-ring (bicyclic) bond motifs is 1. The van der Waals surface area contributed by atoms with E-state index in [1.54, 1.807) is 11.3 Å². The van der Waals surface area contributed by atoms with E-state index in [1.165, 1.54) is 4.88 Å². The van der Waals surface area contributed by atoms with E-state index >= 15 is 0 Å². The van der Waals surface area contributed by atoms with Gasteiger partial charge in [-0.3, -0.25) is 4.79 Å². The van der Waals surface area contributed by atoms with Gasteiger partial charge in [-0.25, -0.2) is 4.98 Å². The van der Waals surface area contributed by atoms with Crippen molar-refractivity contribution in [1.82, 2.24) is 4.98 Å². The van der Waals surface area contributed by atoms with Crippen LogP contribution in [0, 0.1) is 0 Å². The number of nitrogens with zero attached hydrogens (tertiary/aromatic N) is 2. The lowest BCUT2D eigenvalue weighted by Crippen LogP contribution is -2.32. The van der Waals surface area contributed by atoms with Crippen LogP contribution in [0.5, 0.6) is 0 Å². The molecule has 104 valence electrons. The molecular formula is C14H20N2O2S. The molecule has 1 aromatic heterocycles. The number of thiazole rings is 1. The van der Waals surface area contributed by atoms with Gasteiger partial charge in [0.15, 0.2) is 10.9 Å². The molecule has 1 aliphatic heterocycles. The first kappa shape index (κ1) is 13.1. The molecule has 0 bridgehead atoms. The maximum Gasteiger partial charge on any atom is 0.186 e. The number of Topliss-reactive ketones (excluding diaryl/α,β-unsaturated/α-hetero) is 1. The molecular weight excluding hydrogens is 260 g/mol. The van der Waals surface area contributed by atoms with Gasteiger partial charge in [0.1, 0.15) is 5.69 Å². The molecule has 2 aliphatic rings. The molecule has 0 radical (unpaired) electrons. The fraction of sp³-hybridized carbons (Fsp3) is 0.714. The van der Waals surface area contributed by atoms with Crippen LogP contribution in [0.1, 0.15) is 48.0 Å². The Hall–Kier alpha value is -0.940. The molecule has 2 heterocycles. The Morgan fingerprint density at radius 3 is 3.00 bits per heavy atom. The maximum absolute atomic E-state index is 11.9. The molecule has 1 saturated heterocycles. The summed E-state index contributed by atoms with van der Waals surface area (Å²) in [7, 11) is 0. The summed E-state index contributed by atoms with van der Waals surface area (Å²) in [6.07, 6.45) is 5.28. The second-order valence-corrected chi connectivity index (χ2v) is 6.28. The summed E-state index contributed by atoms with van der Waals surface area (Å²) in [6.45, 7) is 4.84. The summed E-state index contributed by atoms with van der Waals surface area (Å²) in [5.74, 6) is 0.219. The molecule has 1 aliphatic carbocycles. The van der Waals surface area contributed by atoms with Gasteiger partial charge in [-0.1, -0.05) is 0 Å². The van der Waals surface area contributed by atoms with Crippen LogP contribution >= 0.6 is 11.3 Å². The van der Waals surface area contributed by atoms with Crippen LogP contribution in [0.15, 0.2) is 0 Å². The molecule has 0 N–H and O–H groups in total. The van der Waals surface area contributed by atoms with E-state index in [4.69, 9.17) is 4.74 Å². The Labute approximate surface area is 117 Å². The van der Waals surface area contributed by atoms with E-state index in [2.05, 4.69) is 16.8 Å². The van der Waals surface area contributed by atoms with Crippen LogP contribution in [0.2, 0.25) is 0 Å². The predicted octanol–water partition coefficient (Wildman–Crippen LogP) is 2.67. The van der Waals surface area contributed by atoms with Crippen LogP contribution in [-0.4, -0.2) is 36.6 Å².